The van der Waals surface area contributed by atoms with Crippen molar-refractivity contribution in [1.29, 1.82) is 0 Å². The predicted molar refractivity (Wildman–Crippen MR) is 73.6 cm³/mol. The number of rotatable bonds is 3. The molecule has 1 aromatic carbocycles. The van der Waals surface area contributed by atoms with E-state index in [2.05, 4.69) is 10.3 Å². The van der Waals surface area contributed by atoms with Crippen molar-refractivity contribution in [3.63, 3.8) is 0 Å². The first-order chi connectivity index (χ1) is 9.44. The van der Waals surface area contributed by atoms with Gasteiger partial charge in [0, 0.05) is 12.6 Å². The lowest BCUT2D eigenvalue weighted by Crippen LogP contribution is -2.07. The minimum Gasteiger partial charge on any atom is -0.373 e. The Morgan fingerprint density at radius 3 is 2.50 bits per heavy atom. The first kappa shape index (κ1) is 14.4. The van der Waals surface area contributed by atoms with Gasteiger partial charge in [0.25, 0.3) is 0 Å². The van der Waals surface area contributed by atoms with Gasteiger partial charge in [-0.2, -0.15) is 13.2 Å². The molecular weight excluding hydrogens is 265 g/mol. The Kier molecular flexibility index (Phi) is 3.97. The number of anilines is 1. The van der Waals surface area contributed by atoms with Gasteiger partial charge in [-0.1, -0.05) is 25.1 Å². The number of nitrogens with one attached hydrogen (secondary N) is 1. The first-order valence-corrected chi connectivity index (χ1v) is 6.30. The van der Waals surface area contributed by atoms with Crippen LogP contribution in [0.5, 0.6) is 0 Å². The molecule has 0 aliphatic heterocycles. The lowest BCUT2D eigenvalue weighted by molar-refractivity contribution is -0.137. The largest absolute Gasteiger partial charge is 0.416 e. The average molecular weight is 280 g/mol. The highest BCUT2D eigenvalue weighted by molar-refractivity contribution is 5.63. The minimum atomic E-state index is -4.38. The molecule has 0 unspecified atom stereocenters. The molecule has 0 radical (unpaired) electrons. The molecule has 0 aliphatic carbocycles. The Morgan fingerprint density at radius 2 is 1.90 bits per heavy atom. The quantitative estimate of drug-likeness (QED) is 0.903. The van der Waals surface area contributed by atoms with Crippen molar-refractivity contribution < 1.29 is 13.2 Å². The molecule has 0 aliphatic rings. The van der Waals surface area contributed by atoms with Gasteiger partial charge in [-0.05, 0) is 30.2 Å². The maximum absolute atomic E-state index is 12.9. The summed E-state index contributed by atoms with van der Waals surface area (Å²) in [4.78, 5) is 4.20. The Balaban J connectivity index is 2.55. The Morgan fingerprint density at radius 1 is 1.15 bits per heavy atom. The summed E-state index contributed by atoms with van der Waals surface area (Å²) >= 11 is 0. The molecule has 2 rings (SSSR count). The highest BCUT2D eigenvalue weighted by atomic mass is 19.4. The zero-order valence-corrected chi connectivity index (χ0v) is 11.3. The van der Waals surface area contributed by atoms with Gasteiger partial charge in [-0.3, -0.25) is 0 Å². The Bertz CT molecular complexity index is 606. The molecule has 106 valence electrons. The number of pyridine rings is 1. The van der Waals surface area contributed by atoms with Crippen molar-refractivity contribution in [3.05, 3.63) is 47.5 Å². The van der Waals surface area contributed by atoms with Crippen molar-refractivity contribution in [3.8, 4) is 11.3 Å². The summed E-state index contributed by atoms with van der Waals surface area (Å²) in [5.74, 6) is 0.205. The number of alkyl halides is 3. The zero-order valence-electron chi connectivity index (χ0n) is 11.3. The fourth-order valence-corrected chi connectivity index (χ4v) is 1.92. The summed E-state index contributed by atoms with van der Waals surface area (Å²) in [5, 5.41) is 2.67. The van der Waals surface area contributed by atoms with Crippen LogP contribution < -0.4 is 5.32 Å². The van der Waals surface area contributed by atoms with Crippen molar-refractivity contribution in [2.45, 2.75) is 19.5 Å². The minimum absolute atomic E-state index is 0.205. The number of hydrogen-bond acceptors (Lipinski definition) is 2. The van der Waals surface area contributed by atoms with Crippen LogP contribution in [0, 0.1) is 0 Å². The zero-order chi connectivity index (χ0) is 14.8. The molecule has 0 fully saturated rings. The molecular formula is C15H15F3N2. The normalized spacial score (nSPS) is 11.4. The second kappa shape index (κ2) is 5.53. The van der Waals surface area contributed by atoms with Gasteiger partial charge in [0.2, 0.25) is 0 Å². The summed E-state index contributed by atoms with van der Waals surface area (Å²) in [7, 11) is 1.55. The summed E-state index contributed by atoms with van der Waals surface area (Å²) in [6.07, 6.45) is -3.56. The number of benzene rings is 1. The van der Waals surface area contributed by atoms with E-state index in [1.165, 1.54) is 0 Å². The third kappa shape index (κ3) is 3.10. The SMILES string of the molecule is CCc1cccc(-c2cc(C(F)(F)F)cc(NC)n2)c1. The lowest BCUT2D eigenvalue weighted by Gasteiger charge is -2.12. The van der Waals surface area contributed by atoms with Gasteiger partial charge in [0.1, 0.15) is 5.82 Å². The van der Waals surface area contributed by atoms with Crippen LogP contribution in [0.1, 0.15) is 18.1 Å². The summed E-state index contributed by atoms with van der Waals surface area (Å²) in [5.41, 5.74) is 1.37. The monoisotopic (exact) mass is 280 g/mol. The lowest BCUT2D eigenvalue weighted by atomic mass is 10.0. The van der Waals surface area contributed by atoms with Crippen molar-refractivity contribution >= 4 is 5.82 Å². The molecule has 0 saturated carbocycles. The van der Waals surface area contributed by atoms with Crippen LogP contribution in [-0.4, -0.2) is 12.0 Å². The van der Waals surface area contributed by atoms with E-state index >= 15 is 0 Å². The van der Waals surface area contributed by atoms with Crippen molar-refractivity contribution in [2.24, 2.45) is 0 Å². The van der Waals surface area contributed by atoms with Gasteiger partial charge in [0.05, 0.1) is 11.3 Å². The molecule has 0 bridgehead atoms. The molecule has 0 amide bonds. The third-order valence-corrected chi connectivity index (χ3v) is 3.04. The van der Waals surface area contributed by atoms with Crippen LogP contribution in [-0.2, 0) is 12.6 Å². The number of aryl methyl sites for hydroxylation is 1. The molecule has 0 atom stereocenters. The van der Waals surface area contributed by atoms with E-state index in [9.17, 15) is 13.2 Å². The van der Waals surface area contributed by atoms with Gasteiger partial charge in [-0.25, -0.2) is 4.98 Å². The van der Waals surface area contributed by atoms with Crippen LogP contribution in [0.15, 0.2) is 36.4 Å². The second-order valence-electron chi connectivity index (χ2n) is 4.43. The molecule has 1 aromatic heterocycles. The van der Waals surface area contributed by atoms with E-state index in [1.807, 2.05) is 25.1 Å². The highest BCUT2D eigenvalue weighted by Crippen LogP contribution is 2.33. The van der Waals surface area contributed by atoms with Crippen molar-refractivity contribution in [1.82, 2.24) is 4.98 Å². The van der Waals surface area contributed by atoms with Gasteiger partial charge < -0.3 is 5.32 Å². The van der Waals surface area contributed by atoms with Gasteiger partial charge in [0.15, 0.2) is 0 Å². The molecule has 1 N–H and O–H groups in total. The Hall–Kier alpha value is -2.04. The third-order valence-electron chi connectivity index (χ3n) is 3.04. The van der Waals surface area contributed by atoms with E-state index in [1.54, 1.807) is 13.1 Å². The van der Waals surface area contributed by atoms with Gasteiger partial charge >= 0.3 is 6.18 Å². The summed E-state index contributed by atoms with van der Waals surface area (Å²) in [6.45, 7) is 2.00. The summed E-state index contributed by atoms with van der Waals surface area (Å²) in [6, 6.07) is 9.48. The maximum atomic E-state index is 12.9. The number of aromatic nitrogens is 1. The Labute approximate surface area is 115 Å². The fraction of sp³-hybridized carbons (Fsp3) is 0.267. The molecule has 2 aromatic rings. The van der Waals surface area contributed by atoms with E-state index in [-0.39, 0.29) is 5.82 Å². The highest BCUT2D eigenvalue weighted by Gasteiger charge is 2.31. The van der Waals surface area contributed by atoms with Crippen LogP contribution in [0.3, 0.4) is 0 Å². The van der Waals surface area contributed by atoms with E-state index < -0.39 is 11.7 Å². The van der Waals surface area contributed by atoms with Gasteiger partial charge in [-0.15, -0.1) is 0 Å². The second-order valence-corrected chi connectivity index (χ2v) is 4.43. The standard InChI is InChI=1S/C15H15F3N2/c1-3-10-5-4-6-11(7-10)13-8-12(15(16,17)18)9-14(19-2)20-13/h4-9H,3H2,1-2H3,(H,19,20). The number of halogens is 3. The maximum Gasteiger partial charge on any atom is 0.416 e. The van der Waals surface area contributed by atoms with Crippen LogP contribution in [0.2, 0.25) is 0 Å². The average Bonchev–Trinajstić information content (AvgIpc) is 2.46. The first-order valence-electron chi connectivity index (χ1n) is 6.30. The molecule has 2 nitrogen and oxygen atoms in total. The molecule has 0 saturated heterocycles. The topological polar surface area (TPSA) is 24.9 Å². The molecule has 20 heavy (non-hydrogen) atoms. The molecule has 5 heteroatoms. The number of hydrogen-bond donors (Lipinski definition) is 1. The van der Waals surface area contributed by atoms with Crippen LogP contribution in [0.25, 0.3) is 11.3 Å². The summed E-state index contributed by atoms with van der Waals surface area (Å²) < 4.78 is 38.7. The smallest absolute Gasteiger partial charge is 0.373 e. The van der Waals surface area contributed by atoms with E-state index in [0.29, 0.717) is 11.3 Å². The van der Waals surface area contributed by atoms with E-state index in [4.69, 9.17) is 0 Å². The molecule has 1 heterocycles. The predicted octanol–water partition coefficient (Wildman–Crippen LogP) is 4.37. The molecule has 0 spiro atoms. The number of nitrogens with zero attached hydrogens (tertiary/aromatic N) is 1. The van der Waals surface area contributed by atoms with Crippen LogP contribution >= 0.6 is 0 Å². The fourth-order valence-electron chi connectivity index (χ4n) is 1.92. The van der Waals surface area contributed by atoms with Crippen LogP contribution in [0.4, 0.5) is 19.0 Å². The van der Waals surface area contributed by atoms with E-state index in [0.717, 1.165) is 24.1 Å². The van der Waals surface area contributed by atoms with Crippen molar-refractivity contribution in [2.75, 3.05) is 12.4 Å².